The van der Waals surface area contributed by atoms with E-state index in [1.165, 1.54) is 24.4 Å². The van der Waals surface area contributed by atoms with Gasteiger partial charge in [-0.05, 0) is 6.08 Å². The lowest BCUT2D eigenvalue weighted by molar-refractivity contribution is -0.419. The Labute approximate surface area is 90.0 Å². The largest absolute Gasteiger partial charge is 0.292 e. The third kappa shape index (κ3) is 1.44. The SMILES string of the molecule is N#CC1=CN=C2C=CC([N+](=O)[O-])=CC2C1=O. The molecule has 0 bridgehead atoms. The van der Waals surface area contributed by atoms with Crippen molar-refractivity contribution in [2.75, 3.05) is 0 Å². The molecule has 16 heavy (non-hydrogen) atoms. The number of allylic oxidation sites excluding steroid dienone is 4. The zero-order valence-electron chi connectivity index (χ0n) is 7.95. The number of nitro groups is 1. The topological polar surface area (TPSA) is 96.4 Å². The average molecular weight is 215 g/mol. The van der Waals surface area contributed by atoms with Gasteiger partial charge in [-0.25, -0.2) is 0 Å². The van der Waals surface area contributed by atoms with Crippen LogP contribution in [0, 0.1) is 27.4 Å². The number of carbonyl (C=O) groups is 1. The van der Waals surface area contributed by atoms with E-state index in [0.717, 1.165) is 0 Å². The van der Waals surface area contributed by atoms with E-state index in [0.29, 0.717) is 5.71 Å². The normalized spacial score (nSPS) is 22.6. The molecule has 1 atom stereocenters. The summed E-state index contributed by atoms with van der Waals surface area (Å²) >= 11 is 0. The van der Waals surface area contributed by atoms with Gasteiger partial charge in [0.05, 0.1) is 16.6 Å². The molecule has 0 saturated heterocycles. The van der Waals surface area contributed by atoms with E-state index < -0.39 is 16.6 Å². The van der Waals surface area contributed by atoms with Crippen LogP contribution in [0.5, 0.6) is 0 Å². The van der Waals surface area contributed by atoms with Gasteiger partial charge in [0.1, 0.15) is 11.6 Å². The quantitative estimate of drug-likeness (QED) is 0.476. The van der Waals surface area contributed by atoms with Gasteiger partial charge in [-0.15, -0.1) is 0 Å². The number of aliphatic imine (C=N–C) groups is 1. The molecule has 6 nitrogen and oxygen atoms in total. The maximum atomic E-state index is 11.7. The highest BCUT2D eigenvalue weighted by Crippen LogP contribution is 2.22. The van der Waals surface area contributed by atoms with Crippen LogP contribution in [0.4, 0.5) is 0 Å². The van der Waals surface area contributed by atoms with Crippen molar-refractivity contribution < 1.29 is 9.72 Å². The van der Waals surface area contributed by atoms with E-state index >= 15 is 0 Å². The summed E-state index contributed by atoms with van der Waals surface area (Å²) in [7, 11) is 0. The van der Waals surface area contributed by atoms with Crippen molar-refractivity contribution in [3.05, 3.63) is 45.8 Å². The maximum Gasteiger partial charge on any atom is 0.266 e. The molecule has 78 valence electrons. The third-order valence-electron chi connectivity index (χ3n) is 2.30. The summed E-state index contributed by atoms with van der Waals surface area (Å²) in [6.07, 6.45) is 5.11. The van der Waals surface area contributed by atoms with Crippen LogP contribution < -0.4 is 0 Å². The van der Waals surface area contributed by atoms with Crippen molar-refractivity contribution in [2.24, 2.45) is 10.9 Å². The average Bonchev–Trinajstić information content (AvgIpc) is 2.29. The van der Waals surface area contributed by atoms with E-state index in [-0.39, 0.29) is 11.3 Å². The van der Waals surface area contributed by atoms with E-state index in [4.69, 9.17) is 5.26 Å². The Morgan fingerprint density at radius 3 is 2.88 bits per heavy atom. The van der Waals surface area contributed by atoms with Crippen molar-refractivity contribution in [3.8, 4) is 6.07 Å². The number of carbonyl (C=O) groups excluding carboxylic acids is 1. The van der Waals surface area contributed by atoms with Gasteiger partial charge in [0.15, 0.2) is 5.78 Å². The molecule has 0 amide bonds. The van der Waals surface area contributed by atoms with Crippen LogP contribution in [0.1, 0.15) is 0 Å². The van der Waals surface area contributed by atoms with Crippen LogP contribution in [-0.2, 0) is 4.79 Å². The lowest BCUT2D eigenvalue weighted by atomic mass is 9.88. The molecule has 0 aromatic rings. The molecule has 2 aliphatic rings. The van der Waals surface area contributed by atoms with Crippen LogP contribution in [-0.4, -0.2) is 16.4 Å². The van der Waals surface area contributed by atoms with Gasteiger partial charge in [0.25, 0.3) is 5.70 Å². The summed E-state index contributed by atoms with van der Waals surface area (Å²) in [5, 5.41) is 19.2. The summed E-state index contributed by atoms with van der Waals surface area (Å²) in [5.74, 6) is -1.25. The van der Waals surface area contributed by atoms with Gasteiger partial charge >= 0.3 is 0 Å². The molecule has 1 unspecified atom stereocenters. The van der Waals surface area contributed by atoms with Crippen molar-refractivity contribution in [1.82, 2.24) is 0 Å². The lowest BCUT2D eigenvalue weighted by Crippen LogP contribution is -2.27. The number of ketones is 1. The molecule has 2 rings (SSSR count). The molecule has 0 spiro atoms. The summed E-state index contributed by atoms with van der Waals surface area (Å²) < 4.78 is 0. The van der Waals surface area contributed by atoms with Crippen molar-refractivity contribution >= 4 is 11.5 Å². The standard InChI is InChI=1S/C10H5N3O3/c11-4-6-5-12-9-2-1-7(13(15)16)3-8(9)10(6)14/h1-3,5,8H. The maximum absolute atomic E-state index is 11.7. The zero-order valence-corrected chi connectivity index (χ0v) is 7.95. The third-order valence-corrected chi connectivity index (χ3v) is 2.30. The van der Waals surface area contributed by atoms with Crippen molar-refractivity contribution in [2.45, 2.75) is 0 Å². The smallest absolute Gasteiger partial charge is 0.266 e. The van der Waals surface area contributed by atoms with Crippen LogP contribution in [0.3, 0.4) is 0 Å². The Balaban J connectivity index is 2.44. The van der Waals surface area contributed by atoms with Gasteiger partial charge in [-0.1, -0.05) is 0 Å². The van der Waals surface area contributed by atoms with Gasteiger partial charge in [0, 0.05) is 18.4 Å². The number of hydrogen-bond acceptors (Lipinski definition) is 5. The fourth-order valence-corrected chi connectivity index (χ4v) is 1.50. The molecule has 1 heterocycles. The Hall–Kier alpha value is -2.55. The molecule has 0 aromatic heterocycles. The molecular weight excluding hydrogens is 210 g/mol. The van der Waals surface area contributed by atoms with E-state index in [2.05, 4.69) is 4.99 Å². The number of Topliss-reactive ketones (excluding diaryl/α,β-unsaturated/α-hetero) is 1. The molecule has 1 aliphatic heterocycles. The van der Waals surface area contributed by atoms with Crippen LogP contribution in [0.25, 0.3) is 0 Å². The Morgan fingerprint density at radius 2 is 2.25 bits per heavy atom. The Morgan fingerprint density at radius 1 is 1.50 bits per heavy atom. The van der Waals surface area contributed by atoms with E-state index in [9.17, 15) is 14.9 Å². The summed E-state index contributed by atoms with van der Waals surface area (Å²) in [4.78, 5) is 25.6. The molecule has 0 N–H and O–H groups in total. The number of nitrogens with zero attached hydrogens (tertiary/aromatic N) is 3. The minimum Gasteiger partial charge on any atom is -0.292 e. The van der Waals surface area contributed by atoms with E-state index in [1.54, 1.807) is 6.07 Å². The first kappa shape index (κ1) is 9.98. The predicted octanol–water partition coefficient (Wildman–Crippen LogP) is 0.764. The number of rotatable bonds is 1. The summed E-state index contributed by atoms with van der Waals surface area (Å²) in [5.41, 5.74) is 0.189. The summed E-state index contributed by atoms with van der Waals surface area (Å²) in [6.45, 7) is 0. The van der Waals surface area contributed by atoms with Gasteiger partial charge in [-0.3, -0.25) is 19.9 Å². The Kier molecular flexibility index (Phi) is 2.21. The second-order valence-corrected chi connectivity index (χ2v) is 3.23. The molecule has 6 heteroatoms. The first-order valence-electron chi connectivity index (χ1n) is 4.40. The highest BCUT2D eigenvalue weighted by atomic mass is 16.6. The molecule has 0 radical (unpaired) electrons. The van der Waals surface area contributed by atoms with Crippen molar-refractivity contribution in [1.29, 1.82) is 5.26 Å². The molecule has 0 fully saturated rings. The predicted molar refractivity (Wildman–Crippen MR) is 53.8 cm³/mol. The molecule has 0 aromatic carbocycles. The van der Waals surface area contributed by atoms with Crippen LogP contribution >= 0.6 is 0 Å². The summed E-state index contributed by atoms with van der Waals surface area (Å²) in [6, 6.07) is 1.71. The van der Waals surface area contributed by atoms with Crippen LogP contribution in [0.15, 0.2) is 40.7 Å². The highest BCUT2D eigenvalue weighted by Gasteiger charge is 2.31. The van der Waals surface area contributed by atoms with E-state index in [1.807, 2.05) is 0 Å². The fraction of sp³-hybridized carbons (Fsp3) is 0.100. The second-order valence-electron chi connectivity index (χ2n) is 3.23. The number of nitriles is 1. The molecular formula is C10H5N3O3. The first-order valence-corrected chi connectivity index (χ1v) is 4.40. The highest BCUT2D eigenvalue weighted by molar-refractivity contribution is 6.21. The lowest BCUT2D eigenvalue weighted by Gasteiger charge is -2.16. The molecule has 1 aliphatic carbocycles. The zero-order chi connectivity index (χ0) is 11.7. The Bertz CT molecular complexity index is 546. The second kappa shape index (κ2) is 3.55. The van der Waals surface area contributed by atoms with Gasteiger partial charge < -0.3 is 0 Å². The van der Waals surface area contributed by atoms with Gasteiger partial charge in [0.2, 0.25) is 0 Å². The monoisotopic (exact) mass is 215 g/mol. The number of hydrogen-bond donors (Lipinski definition) is 0. The minimum absolute atomic E-state index is 0.0806. The minimum atomic E-state index is -0.801. The molecule has 0 saturated carbocycles. The van der Waals surface area contributed by atoms with Crippen molar-refractivity contribution in [3.63, 3.8) is 0 Å². The van der Waals surface area contributed by atoms with Crippen LogP contribution in [0.2, 0.25) is 0 Å². The first-order chi connectivity index (χ1) is 7.63. The van der Waals surface area contributed by atoms with Gasteiger partial charge in [-0.2, -0.15) is 5.26 Å². The number of fused-ring (bicyclic) bond motifs is 1. The fourth-order valence-electron chi connectivity index (χ4n) is 1.50.